The van der Waals surface area contributed by atoms with Gasteiger partial charge in [-0.3, -0.25) is 14.3 Å². The lowest BCUT2D eigenvalue weighted by Crippen LogP contribution is -2.23. The zero-order valence-corrected chi connectivity index (χ0v) is 13.6. The van der Waals surface area contributed by atoms with Gasteiger partial charge in [-0.25, -0.2) is 4.68 Å². The average molecular weight is 339 g/mol. The van der Waals surface area contributed by atoms with E-state index < -0.39 is 5.91 Å². The summed E-state index contributed by atoms with van der Waals surface area (Å²) in [6, 6.07) is 11.7. The summed E-state index contributed by atoms with van der Waals surface area (Å²) < 4.78 is 8.61. The molecule has 0 saturated heterocycles. The molecule has 1 aromatic carbocycles. The number of aryl methyl sites for hydroxylation is 1. The number of ether oxygens (including phenoxy) is 1. The van der Waals surface area contributed by atoms with E-state index >= 15 is 0 Å². The number of hydrogen-bond acceptors (Lipinski definition) is 5. The van der Waals surface area contributed by atoms with E-state index in [0.29, 0.717) is 24.6 Å². The molecule has 0 aliphatic rings. The fourth-order valence-electron chi connectivity index (χ4n) is 2.19. The third-order valence-electron chi connectivity index (χ3n) is 3.47. The van der Waals surface area contributed by atoms with Crippen molar-refractivity contribution in [1.29, 1.82) is 0 Å². The standard InChI is InChI=1S/C17H17N5O3/c1-21-16(23)8-7-14(20-21)17(24)19-13-5-2-3-6-15(13)25-12-11-22-10-4-9-18-22/h2-10H,11-12H2,1H3,(H,19,24). The molecule has 0 bridgehead atoms. The van der Waals surface area contributed by atoms with Crippen LogP contribution in [0.2, 0.25) is 0 Å². The molecular formula is C17H17N5O3. The molecule has 0 radical (unpaired) electrons. The van der Waals surface area contributed by atoms with Crippen LogP contribution in [0.3, 0.4) is 0 Å². The van der Waals surface area contributed by atoms with E-state index in [4.69, 9.17) is 4.74 Å². The topological polar surface area (TPSA) is 91.0 Å². The lowest BCUT2D eigenvalue weighted by molar-refractivity contribution is 0.101. The van der Waals surface area contributed by atoms with Crippen molar-refractivity contribution in [1.82, 2.24) is 19.6 Å². The zero-order chi connectivity index (χ0) is 17.6. The Balaban J connectivity index is 1.68. The molecule has 8 heteroatoms. The van der Waals surface area contributed by atoms with Gasteiger partial charge in [0.15, 0.2) is 0 Å². The zero-order valence-electron chi connectivity index (χ0n) is 13.6. The minimum Gasteiger partial charge on any atom is -0.489 e. The number of para-hydroxylation sites is 2. The second kappa shape index (κ2) is 7.43. The van der Waals surface area contributed by atoms with Crippen molar-refractivity contribution in [2.75, 3.05) is 11.9 Å². The van der Waals surface area contributed by atoms with Crippen LogP contribution in [0, 0.1) is 0 Å². The molecule has 128 valence electrons. The smallest absolute Gasteiger partial charge is 0.276 e. The molecule has 1 N–H and O–H groups in total. The quantitative estimate of drug-likeness (QED) is 0.731. The lowest BCUT2D eigenvalue weighted by Gasteiger charge is -2.12. The van der Waals surface area contributed by atoms with Crippen LogP contribution >= 0.6 is 0 Å². The number of rotatable bonds is 6. The van der Waals surface area contributed by atoms with Crippen molar-refractivity contribution in [3.05, 3.63) is 70.9 Å². The highest BCUT2D eigenvalue weighted by molar-refractivity contribution is 6.03. The monoisotopic (exact) mass is 339 g/mol. The molecule has 8 nitrogen and oxygen atoms in total. The van der Waals surface area contributed by atoms with Crippen LogP contribution in [0.15, 0.2) is 59.7 Å². The number of nitrogens with one attached hydrogen (secondary N) is 1. The van der Waals surface area contributed by atoms with Crippen molar-refractivity contribution in [2.24, 2.45) is 7.05 Å². The van der Waals surface area contributed by atoms with E-state index in [2.05, 4.69) is 15.5 Å². The summed E-state index contributed by atoms with van der Waals surface area (Å²) in [4.78, 5) is 23.7. The number of anilines is 1. The third kappa shape index (κ3) is 4.11. The van der Waals surface area contributed by atoms with E-state index in [1.54, 1.807) is 29.1 Å². The fraction of sp³-hybridized carbons (Fsp3) is 0.176. The van der Waals surface area contributed by atoms with Crippen molar-refractivity contribution >= 4 is 11.6 Å². The van der Waals surface area contributed by atoms with Crippen LogP contribution in [0.5, 0.6) is 5.75 Å². The predicted octanol–water partition coefficient (Wildman–Crippen LogP) is 1.31. The first-order valence-corrected chi connectivity index (χ1v) is 7.68. The number of hydrogen-bond donors (Lipinski definition) is 1. The maximum Gasteiger partial charge on any atom is 0.276 e. The summed E-state index contributed by atoms with van der Waals surface area (Å²) >= 11 is 0. The Hall–Kier alpha value is -3.42. The summed E-state index contributed by atoms with van der Waals surface area (Å²) in [5.41, 5.74) is 0.399. The first-order valence-electron chi connectivity index (χ1n) is 7.68. The highest BCUT2D eigenvalue weighted by atomic mass is 16.5. The third-order valence-corrected chi connectivity index (χ3v) is 3.47. The summed E-state index contributed by atoms with van der Waals surface area (Å²) in [6.45, 7) is 1.00. The lowest BCUT2D eigenvalue weighted by atomic mass is 10.2. The van der Waals surface area contributed by atoms with Gasteiger partial charge in [0.25, 0.3) is 11.5 Å². The second-order valence-corrected chi connectivity index (χ2v) is 5.25. The normalized spacial score (nSPS) is 10.4. The van der Waals surface area contributed by atoms with E-state index in [9.17, 15) is 9.59 Å². The first-order chi connectivity index (χ1) is 12.1. The largest absolute Gasteiger partial charge is 0.489 e. The van der Waals surface area contributed by atoms with Crippen molar-refractivity contribution in [3.8, 4) is 5.75 Å². The van der Waals surface area contributed by atoms with Gasteiger partial charge in [-0.2, -0.15) is 10.2 Å². The molecule has 0 unspecified atom stereocenters. The molecule has 0 fully saturated rings. The molecular weight excluding hydrogens is 322 g/mol. The summed E-state index contributed by atoms with van der Waals surface area (Å²) in [6.07, 6.45) is 3.55. The SMILES string of the molecule is Cn1nc(C(=O)Nc2ccccc2OCCn2cccn2)ccc1=O. The van der Waals surface area contributed by atoms with Crippen LogP contribution < -0.4 is 15.6 Å². The molecule has 1 amide bonds. The van der Waals surface area contributed by atoms with E-state index in [-0.39, 0.29) is 11.3 Å². The number of nitrogens with zero attached hydrogens (tertiary/aromatic N) is 4. The van der Waals surface area contributed by atoms with Crippen molar-refractivity contribution in [2.45, 2.75) is 6.54 Å². The predicted molar refractivity (Wildman–Crippen MR) is 91.6 cm³/mol. The average Bonchev–Trinajstić information content (AvgIpc) is 3.12. The number of aromatic nitrogens is 4. The Kier molecular flexibility index (Phi) is 4.89. The Morgan fingerprint density at radius 1 is 1.20 bits per heavy atom. The van der Waals surface area contributed by atoms with Crippen LogP contribution in [0.25, 0.3) is 0 Å². The van der Waals surface area contributed by atoms with Gasteiger partial charge in [-0.1, -0.05) is 12.1 Å². The number of carbonyl (C=O) groups excluding carboxylic acids is 1. The van der Waals surface area contributed by atoms with Crippen molar-refractivity contribution in [3.63, 3.8) is 0 Å². The molecule has 0 saturated carbocycles. The molecule has 2 aromatic heterocycles. The Morgan fingerprint density at radius 3 is 2.80 bits per heavy atom. The van der Waals surface area contributed by atoms with Gasteiger partial charge in [-0.15, -0.1) is 0 Å². The van der Waals surface area contributed by atoms with Gasteiger partial charge in [0.05, 0.1) is 12.2 Å². The fourth-order valence-corrected chi connectivity index (χ4v) is 2.19. The van der Waals surface area contributed by atoms with Crippen LogP contribution in [0.1, 0.15) is 10.5 Å². The number of amides is 1. The molecule has 25 heavy (non-hydrogen) atoms. The minimum atomic E-state index is -0.418. The van der Waals surface area contributed by atoms with Gasteiger partial charge in [0.2, 0.25) is 0 Å². The number of benzene rings is 1. The Morgan fingerprint density at radius 2 is 2.04 bits per heavy atom. The highest BCUT2D eigenvalue weighted by Crippen LogP contribution is 2.24. The summed E-state index contributed by atoms with van der Waals surface area (Å²) in [5.74, 6) is 0.131. The molecule has 0 atom stereocenters. The first kappa shape index (κ1) is 16.4. The molecule has 0 aliphatic carbocycles. The van der Waals surface area contributed by atoms with Crippen LogP contribution in [-0.2, 0) is 13.6 Å². The maximum absolute atomic E-state index is 12.3. The molecule has 3 aromatic rings. The van der Waals surface area contributed by atoms with Crippen LogP contribution in [-0.4, -0.2) is 32.1 Å². The minimum absolute atomic E-state index is 0.147. The highest BCUT2D eigenvalue weighted by Gasteiger charge is 2.12. The Labute approximate surface area is 143 Å². The van der Waals surface area contributed by atoms with E-state index in [0.717, 1.165) is 4.68 Å². The second-order valence-electron chi connectivity index (χ2n) is 5.25. The molecule has 0 spiro atoms. The van der Waals surface area contributed by atoms with E-state index in [1.165, 1.54) is 19.2 Å². The van der Waals surface area contributed by atoms with Gasteiger partial charge in [-0.05, 0) is 24.3 Å². The summed E-state index contributed by atoms with van der Waals surface area (Å²) in [7, 11) is 1.49. The Bertz CT molecular complexity index is 918. The maximum atomic E-state index is 12.3. The van der Waals surface area contributed by atoms with E-state index in [1.807, 2.05) is 18.3 Å². The summed E-state index contributed by atoms with van der Waals surface area (Å²) in [5, 5.41) is 10.8. The van der Waals surface area contributed by atoms with Gasteiger partial charge in [0.1, 0.15) is 18.1 Å². The van der Waals surface area contributed by atoms with Gasteiger partial charge in [0, 0.05) is 25.5 Å². The van der Waals surface area contributed by atoms with Crippen LogP contribution in [0.4, 0.5) is 5.69 Å². The van der Waals surface area contributed by atoms with Gasteiger partial charge >= 0.3 is 0 Å². The van der Waals surface area contributed by atoms with Crippen molar-refractivity contribution < 1.29 is 9.53 Å². The molecule has 2 heterocycles. The van der Waals surface area contributed by atoms with Gasteiger partial charge < -0.3 is 10.1 Å². The number of carbonyl (C=O) groups is 1. The molecule has 0 aliphatic heterocycles. The molecule has 3 rings (SSSR count).